The number of aromatic nitrogens is 4. The number of nitrogens with zero attached hydrogens (tertiary/aromatic N) is 5. The molecule has 0 aliphatic heterocycles. The molecule has 1 unspecified atom stereocenters. The maximum Gasteiger partial charge on any atom is 0.215 e. The molecule has 0 aliphatic carbocycles. The van der Waals surface area contributed by atoms with E-state index in [1.54, 1.807) is 18.9 Å². The summed E-state index contributed by atoms with van der Waals surface area (Å²) in [4.78, 5) is 23.5. The quantitative estimate of drug-likeness (QED) is 0.162. The predicted molar refractivity (Wildman–Crippen MR) is 167 cm³/mol. The summed E-state index contributed by atoms with van der Waals surface area (Å²) in [6.07, 6.45) is 5.75. The smallest absolute Gasteiger partial charge is 0.215 e. The molecule has 3 aromatic heterocycles. The first kappa shape index (κ1) is 31.9. The average Bonchev–Trinajstić information content (AvgIpc) is 2.97. The van der Waals surface area contributed by atoms with Crippen LogP contribution in [0, 0.1) is 6.92 Å². The number of hydrogen-bond acceptors (Lipinski definition) is 7. The molecule has 0 radical (unpaired) electrons. The molecule has 0 aliphatic rings. The van der Waals surface area contributed by atoms with Crippen LogP contribution in [0.5, 0.6) is 5.88 Å². The predicted octanol–water partition coefficient (Wildman–Crippen LogP) is 8.93. The van der Waals surface area contributed by atoms with Crippen molar-refractivity contribution in [2.75, 3.05) is 7.11 Å². The van der Waals surface area contributed by atoms with Gasteiger partial charge in [0, 0.05) is 46.6 Å². The number of thioether (sulfide) groups is 1. The van der Waals surface area contributed by atoms with Gasteiger partial charge in [0.25, 0.3) is 0 Å². The van der Waals surface area contributed by atoms with Gasteiger partial charge in [-0.3, -0.25) is 4.99 Å². The van der Waals surface area contributed by atoms with E-state index in [1.165, 1.54) is 11.1 Å². The number of aliphatic imine (C=N–C) groups is 1. The van der Waals surface area contributed by atoms with Crippen molar-refractivity contribution in [3.63, 3.8) is 0 Å². The third-order valence-electron chi connectivity index (χ3n) is 5.91. The molecule has 4 rings (SSSR count). The summed E-state index contributed by atoms with van der Waals surface area (Å²) in [7, 11) is 1.62. The van der Waals surface area contributed by atoms with E-state index in [0.717, 1.165) is 57.4 Å². The molecule has 3 heterocycles. The second-order valence-electron chi connectivity index (χ2n) is 9.02. The van der Waals surface area contributed by atoms with Crippen molar-refractivity contribution < 1.29 is 4.74 Å². The third kappa shape index (κ3) is 9.43. The maximum atomic E-state index is 5.20. The van der Waals surface area contributed by atoms with Gasteiger partial charge in [-0.25, -0.2) is 15.0 Å². The van der Waals surface area contributed by atoms with E-state index >= 15 is 0 Å². The van der Waals surface area contributed by atoms with Gasteiger partial charge in [0.2, 0.25) is 5.88 Å². The van der Waals surface area contributed by atoms with Crippen LogP contribution in [0.4, 0.5) is 5.69 Å². The molecule has 0 saturated carbocycles. The van der Waals surface area contributed by atoms with E-state index in [0.29, 0.717) is 11.8 Å². The monoisotopic (exact) mass is 545 g/mol. The minimum atomic E-state index is 0.405. The van der Waals surface area contributed by atoms with Gasteiger partial charge in [-0.05, 0) is 50.3 Å². The Kier molecular flexibility index (Phi) is 13.6. The lowest BCUT2D eigenvalue weighted by Gasteiger charge is -2.17. The molecular formula is C32H43N5OS. The Morgan fingerprint density at radius 1 is 0.974 bits per heavy atom. The number of methoxy groups -OCH3 is 1. The van der Waals surface area contributed by atoms with E-state index in [2.05, 4.69) is 65.0 Å². The standard InChI is InChI=1S/C17H23N3O.C13H14N2S.C2H6/c1-7-11(4)15-13-8-9-14(21-6)20-17(13)19-12(5)16(15)18-10(2)3;1-2-13-14-8-12(9-15-13)16-10-11-6-4-3-5-7-11;1-2/h8-9,11H,7H2,1-6H3;3-9H,2,10H2,1H3;1-2H3. The minimum Gasteiger partial charge on any atom is -0.481 e. The normalized spacial score (nSPS) is 11.0. The summed E-state index contributed by atoms with van der Waals surface area (Å²) < 4.78 is 5.20. The summed E-state index contributed by atoms with van der Waals surface area (Å²) in [5.41, 5.74) is 6.23. The molecule has 6 nitrogen and oxygen atoms in total. The number of pyridine rings is 2. The lowest BCUT2D eigenvalue weighted by molar-refractivity contribution is 0.399. The highest BCUT2D eigenvalue weighted by Crippen LogP contribution is 2.37. The second-order valence-corrected chi connectivity index (χ2v) is 10.1. The highest BCUT2D eigenvalue weighted by atomic mass is 32.2. The minimum absolute atomic E-state index is 0.405. The Labute approximate surface area is 238 Å². The molecule has 7 heteroatoms. The maximum absolute atomic E-state index is 5.20. The fourth-order valence-electron chi connectivity index (χ4n) is 3.78. The molecular weight excluding hydrogens is 502 g/mol. The first-order valence-electron chi connectivity index (χ1n) is 13.7. The Bertz CT molecular complexity index is 1320. The van der Waals surface area contributed by atoms with E-state index < -0.39 is 0 Å². The van der Waals surface area contributed by atoms with E-state index in [9.17, 15) is 0 Å². The highest BCUT2D eigenvalue weighted by Gasteiger charge is 2.18. The fourth-order valence-corrected chi connectivity index (χ4v) is 4.56. The number of aryl methyl sites for hydroxylation is 2. The zero-order valence-electron chi connectivity index (χ0n) is 24.9. The van der Waals surface area contributed by atoms with E-state index in [-0.39, 0.29) is 0 Å². The molecule has 0 N–H and O–H groups in total. The van der Waals surface area contributed by atoms with Crippen LogP contribution in [0.1, 0.15) is 83.5 Å². The number of hydrogen-bond donors (Lipinski definition) is 0. The zero-order valence-corrected chi connectivity index (χ0v) is 25.8. The largest absolute Gasteiger partial charge is 0.481 e. The summed E-state index contributed by atoms with van der Waals surface area (Å²) in [5, 5.41) is 1.07. The third-order valence-corrected chi connectivity index (χ3v) is 6.93. The van der Waals surface area contributed by atoms with Crippen molar-refractivity contribution in [3.05, 3.63) is 77.5 Å². The molecule has 1 aromatic carbocycles. The van der Waals surface area contributed by atoms with Crippen LogP contribution in [0.25, 0.3) is 11.0 Å². The lowest BCUT2D eigenvalue weighted by atomic mass is 9.93. The van der Waals surface area contributed by atoms with Crippen LogP contribution in [-0.2, 0) is 12.2 Å². The van der Waals surface area contributed by atoms with Crippen molar-refractivity contribution in [2.24, 2.45) is 4.99 Å². The van der Waals surface area contributed by atoms with Gasteiger partial charge >= 0.3 is 0 Å². The molecule has 1 atom stereocenters. The summed E-state index contributed by atoms with van der Waals surface area (Å²) in [6.45, 7) is 16.5. The lowest BCUT2D eigenvalue weighted by Crippen LogP contribution is -2.01. The van der Waals surface area contributed by atoms with Crippen molar-refractivity contribution in [1.82, 2.24) is 19.9 Å². The van der Waals surface area contributed by atoms with Gasteiger partial charge < -0.3 is 4.74 Å². The number of rotatable bonds is 8. The molecule has 0 bridgehead atoms. The molecule has 0 spiro atoms. The SMILES string of the molecule is CC.CCC(C)c1c(N=C(C)C)c(C)nc2nc(OC)ccc12.CCc1ncc(SCc2ccccc2)cn1. The molecule has 0 saturated heterocycles. The topological polar surface area (TPSA) is 73.2 Å². The molecule has 0 fully saturated rings. The molecule has 4 aromatic rings. The average molecular weight is 546 g/mol. The van der Waals surface area contributed by atoms with E-state index in [4.69, 9.17) is 9.73 Å². The first-order valence-corrected chi connectivity index (χ1v) is 14.7. The van der Waals surface area contributed by atoms with E-state index in [1.807, 2.05) is 65.2 Å². The van der Waals surface area contributed by atoms with Crippen LogP contribution < -0.4 is 4.74 Å². The first-order chi connectivity index (χ1) is 18.9. The molecule has 0 amide bonds. The molecule has 208 valence electrons. The van der Waals surface area contributed by atoms with Crippen LogP contribution in [-0.4, -0.2) is 32.8 Å². The van der Waals surface area contributed by atoms with Gasteiger partial charge in [0.05, 0.1) is 18.5 Å². The van der Waals surface area contributed by atoms with Crippen molar-refractivity contribution in [3.8, 4) is 5.88 Å². The van der Waals surface area contributed by atoms with Crippen molar-refractivity contribution in [1.29, 1.82) is 0 Å². The second kappa shape index (κ2) is 16.6. The van der Waals surface area contributed by atoms with Gasteiger partial charge in [-0.1, -0.05) is 65.0 Å². The van der Waals surface area contributed by atoms with Crippen LogP contribution >= 0.6 is 11.8 Å². The summed E-state index contributed by atoms with van der Waals surface area (Å²) in [6, 6.07) is 14.4. The van der Waals surface area contributed by atoms with Crippen molar-refractivity contribution >= 4 is 34.2 Å². The Morgan fingerprint density at radius 2 is 1.64 bits per heavy atom. The Hall–Kier alpha value is -3.32. The number of ether oxygens (including phenoxy) is 1. The zero-order chi connectivity index (χ0) is 28.8. The highest BCUT2D eigenvalue weighted by molar-refractivity contribution is 7.98. The summed E-state index contributed by atoms with van der Waals surface area (Å²) in [5.74, 6) is 2.87. The van der Waals surface area contributed by atoms with Gasteiger partial charge in [0.1, 0.15) is 5.82 Å². The number of fused-ring (bicyclic) bond motifs is 1. The summed E-state index contributed by atoms with van der Waals surface area (Å²) >= 11 is 1.77. The van der Waals surface area contributed by atoms with Crippen LogP contribution in [0.2, 0.25) is 0 Å². The Morgan fingerprint density at radius 3 is 2.21 bits per heavy atom. The molecule has 39 heavy (non-hydrogen) atoms. The Balaban J connectivity index is 0.000000265. The van der Waals surface area contributed by atoms with Gasteiger partial charge in [-0.2, -0.15) is 4.98 Å². The van der Waals surface area contributed by atoms with Crippen molar-refractivity contribution in [2.45, 2.75) is 84.8 Å². The van der Waals surface area contributed by atoms with Gasteiger partial charge in [-0.15, -0.1) is 11.8 Å². The van der Waals surface area contributed by atoms with Crippen LogP contribution in [0.3, 0.4) is 0 Å². The number of benzene rings is 1. The fraction of sp³-hybridized carbons (Fsp3) is 0.406. The van der Waals surface area contributed by atoms with Gasteiger partial charge in [0.15, 0.2) is 5.65 Å². The van der Waals surface area contributed by atoms with Crippen LogP contribution in [0.15, 0.2) is 64.7 Å².